The van der Waals surface area contributed by atoms with Crippen LogP contribution in [0.1, 0.15) is 18.9 Å². The minimum atomic E-state index is -3.06. The molecule has 0 spiro atoms. The number of rotatable bonds is 6. The Labute approximate surface area is 139 Å². The van der Waals surface area contributed by atoms with Crippen LogP contribution in [0.4, 0.5) is 0 Å². The predicted molar refractivity (Wildman–Crippen MR) is 88.8 cm³/mol. The average Bonchev–Trinajstić information content (AvgIpc) is 3.13. The molecule has 0 unspecified atom stereocenters. The zero-order valence-corrected chi connectivity index (χ0v) is 14.4. The van der Waals surface area contributed by atoms with Crippen molar-refractivity contribution in [1.29, 1.82) is 0 Å². The van der Waals surface area contributed by atoms with E-state index in [-0.39, 0.29) is 30.1 Å². The number of carbonyl (C=O) groups excluding carboxylic acids is 2. The minimum Gasteiger partial charge on any atom is -0.452 e. The molecular formula is C15H19NO5S2. The van der Waals surface area contributed by atoms with Gasteiger partial charge in [-0.2, -0.15) is 11.3 Å². The fourth-order valence-corrected chi connectivity index (χ4v) is 4.82. The Kier molecular flexibility index (Phi) is 5.95. The van der Waals surface area contributed by atoms with Crippen molar-refractivity contribution < 1.29 is 22.7 Å². The molecule has 23 heavy (non-hydrogen) atoms. The molecule has 1 amide bonds. The zero-order chi connectivity index (χ0) is 16.9. The summed E-state index contributed by atoms with van der Waals surface area (Å²) < 4.78 is 28.0. The van der Waals surface area contributed by atoms with Crippen molar-refractivity contribution in [2.24, 2.45) is 0 Å². The Morgan fingerprint density at radius 2 is 2.26 bits per heavy atom. The molecule has 0 aromatic carbocycles. The van der Waals surface area contributed by atoms with Gasteiger partial charge in [0.05, 0.1) is 11.5 Å². The average molecular weight is 357 g/mol. The first kappa shape index (κ1) is 17.7. The third kappa shape index (κ3) is 5.18. The molecular weight excluding hydrogens is 338 g/mol. The first-order valence-corrected chi connectivity index (χ1v) is 10.0. The highest BCUT2D eigenvalue weighted by Crippen LogP contribution is 2.17. The number of hydrogen-bond acceptors (Lipinski definition) is 6. The molecule has 6 nitrogen and oxygen atoms in total. The van der Waals surface area contributed by atoms with Gasteiger partial charge in [-0.15, -0.1) is 0 Å². The first-order chi connectivity index (χ1) is 10.9. The lowest BCUT2D eigenvalue weighted by molar-refractivity contribution is -0.149. The van der Waals surface area contributed by atoms with E-state index in [9.17, 15) is 18.0 Å². The maximum atomic E-state index is 12.1. The van der Waals surface area contributed by atoms with Gasteiger partial charge in [-0.3, -0.25) is 4.79 Å². The Morgan fingerprint density at radius 3 is 2.83 bits per heavy atom. The molecule has 0 radical (unpaired) electrons. The van der Waals surface area contributed by atoms with Crippen molar-refractivity contribution in [1.82, 2.24) is 4.90 Å². The van der Waals surface area contributed by atoms with Crippen LogP contribution in [0.15, 0.2) is 22.9 Å². The predicted octanol–water partition coefficient (Wildman–Crippen LogP) is 1.34. The van der Waals surface area contributed by atoms with Gasteiger partial charge in [0, 0.05) is 18.7 Å². The smallest absolute Gasteiger partial charge is 0.331 e. The molecule has 2 rings (SSSR count). The van der Waals surface area contributed by atoms with Gasteiger partial charge in [-0.05, 0) is 41.8 Å². The summed E-state index contributed by atoms with van der Waals surface area (Å²) >= 11 is 1.52. The summed E-state index contributed by atoms with van der Waals surface area (Å²) in [5.74, 6) is -0.880. The van der Waals surface area contributed by atoms with Gasteiger partial charge < -0.3 is 9.64 Å². The molecule has 1 aliphatic rings. The van der Waals surface area contributed by atoms with E-state index < -0.39 is 15.8 Å². The summed E-state index contributed by atoms with van der Waals surface area (Å²) in [7, 11) is -3.06. The summed E-state index contributed by atoms with van der Waals surface area (Å²) in [6.07, 6.45) is 3.32. The Hall–Kier alpha value is -1.67. The van der Waals surface area contributed by atoms with Gasteiger partial charge >= 0.3 is 5.97 Å². The van der Waals surface area contributed by atoms with Crippen LogP contribution in [0.25, 0.3) is 6.08 Å². The highest BCUT2D eigenvalue weighted by atomic mass is 32.2. The third-order valence-electron chi connectivity index (χ3n) is 3.60. The fourth-order valence-electron chi connectivity index (χ4n) is 2.46. The standard InChI is InChI=1S/C15H19NO5S2/c1-2-16(13-6-8-23(19,20)11-13)14(17)9-21-15(18)4-3-12-5-7-22-10-12/h3-5,7,10,13H,2,6,8-9,11H2,1H3/b4-3+/t13-/m0/s1. The number of sulfone groups is 1. The number of ether oxygens (including phenoxy) is 1. The van der Waals surface area contributed by atoms with E-state index in [2.05, 4.69) is 0 Å². The summed E-state index contributed by atoms with van der Waals surface area (Å²) in [6, 6.07) is 1.54. The van der Waals surface area contributed by atoms with E-state index in [0.717, 1.165) is 5.56 Å². The first-order valence-electron chi connectivity index (χ1n) is 7.28. The molecule has 0 N–H and O–H groups in total. The van der Waals surface area contributed by atoms with Crippen molar-refractivity contribution in [3.8, 4) is 0 Å². The zero-order valence-electron chi connectivity index (χ0n) is 12.8. The van der Waals surface area contributed by atoms with E-state index in [1.165, 1.54) is 22.3 Å². The number of esters is 1. The van der Waals surface area contributed by atoms with Crippen LogP contribution in [0.5, 0.6) is 0 Å². The summed E-state index contributed by atoms with van der Waals surface area (Å²) in [5.41, 5.74) is 0.893. The molecule has 1 saturated heterocycles. The Balaban J connectivity index is 1.84. The van der Waals surface area contributed by atoms with Gasteiger partial charge in [-0.1, -0.05) is 0 Å². The molecule has 0 saturated carbocycles. The lowest BCUT2D eigenvalue weighted by atomic mass is 10.2. The largest absolute Gasteiger partial charge is 0.452 e. The van der Waals surface area contributed by atoms with E-state index in [0.29, 0.717) is 13.0 Å². The second kappa shape index (κ2) is 7.74. The van der Waals surface area contributed by atoms with Gasteiger partial charge in [0.25, 0.3) is 5.91 Å². The van der Waals surface area contributed by atoms with Crippen molar-refractivity contribution in [3.63, 3.8) is 0 Å². The Bertz CT molecular complexity index is 679. The second-order valence-electron chi connectivity index (χ2n) is 5.23. The van der Waals surface area contributed by atoms with Gasteiger partial charge in [0.1, 0.15) is 0 Å². The van der Waals surface area contributed by atoms with E-state index >= 15 is 0 Å². The normalized spacial score (nSPS) is 19.8. The quantitative estimate of drug-likeness (QED) is 0.567. The molecule has 0 aliphatic carbocycles. The SMILES string of the molecule is CCN(C(=O)COC(=O)/C=C/c1ccsc1)[C@H]1CCS(=O)(=O)C1. The number of carbonyl (C=O) groups is 2. The summed E-state index contributed by atoms with van der Waals surface area (Å²) in [4.78, 5) is 25.2. The molecule has 8 heteroatoms. The lowest BCUT2D eigenvalue weighted by Gasteiger charge is -2.26. The molecule has 1 fully saturated rings. The van der Waals surface area contributed by atoms with Crippen LogP contribution in [0.3, 0.4) is 0 Å². The van der Waals surface area contributed by atoms with Crippen LogP contribution in [0.2, 0.25) is 0 Å². The third-order valence-corrected chi connectivity index (χ3v) is 6.05. The van der Waals surface area contributed by atoms with Crippen molar-refractivity contribution >= 4 is 39.1 Å². The Morgan fingerprint density at radius 1 is 1.48 bits per heavy atom. The topological polar surface area (TPSA) is 80.8 Å². The molecule has 1 aromatic heterocycles. The highest BCUT2D eigenvalue weighted by Gasteiger charge is 2.34. The number of amides is 1. The molecule has 0 bridgehead atoms. The molecule has 2 heterocycles. The van der Waals surface area contributed by atoms with Crippen molar-refractivity contribution in [2.75, 3.05) is 24.7 Å². The minimum absolute atomic E-state index is 0.0153. The van der Waals surface area contributed by atoms with Crippen LogP contribution in [-0.2, 0) is 24.2 Å². The number of thiophene rings is 1. The summed E-state index contributed by atoms with van der Waals surface area (Å²) in [6.45, 7) is 1.79. The molecule has 1 aromatic rings. The second-order valence-corrected chi connectivity index (χ2v) is 8.24. The van der Waals surface area contributed by atoms with Gasteiger partial charge in [-0.25, -0.2) is 13.2 Å². The molecule has 1 atom stereocenters. The maximum absolute atomic E-state index is 12.1. The van der Waals surface area contributed by atoms with Crippen LogP contribution in [0, 0.1) is 0 Å². The van der Waals surface area contributed by atoms with Crippen molar-refractivity contribution in [2.45, 2.75) is 19.4 Å². The number of likely N-dealkylation sites (N-methyl/N-ethyl adjacent to an activating group) is 1. The molecule has 126 valence electrons. The fraction of sp³-hybridized carbons (Fsp3) is 0.467. The maximum Gasteiger partial charge on any atom is 0.331 e. The van der Waals surface area contributed by atoms with Crippen LogP contribution >= 0.6 is 11.3 Å². The lowest BCUT2D eigenvalue weighted by Crippen LogP contribution is -2.43. The number of nitrogens with zero attached hydrogens (tertiary/aromatic N) is 1. The monoisotopic (exact) mass is 357 g/mol. The van der Waals surface area contributed by atoms with E-state index in [4.69, 9.17) is 4.74 Å². The molecule has 1 aliphatic heterocycles. The van der Waals surface area contributed by atoms with Crippen molar-refractivity contribution in [3.05, 3.63) is 28.5 Å². The van der Waals surface area contributed by atoms with E-state index in [1.54, 1.807) is 13.0 Å². The highest BCUT2D eigenvalue weighted by molar-refractivity contribution is 7.91. The van der Waals surface area contributed by atoms with Crippen LogP contribution < -0.4 is 0 Å². The number of hydrogen-bond donors (Lipinski definition) is 0. The van der Waals surface area contributed by atoms with E-state index in [1.807, 2.05) is 16.8 Å². The van der Waals surface area contributed by atoms with Crippen LogP contribution in [-0.4, -0.2) is 55.9 Å². The van der Waals surface area contributed by atoms with Gasteiger partial charge in [0.15, 0.2) is 16.4 Å². The van der Waals surface area contributed by atoms with Gasteiger partial charge in [0.2, 0.25) is 0 Å². The summed E-state index contributed by atoms with van der Waals surface area (Å²) in [5, 5.41) is 3.78.